The van der Waals surface area contributed by atoms with Gasteiger partial charge in [-0.25, -0.2) is 0 Å². The average Bonchev–Trinajstić information content (AvgIpc) is 2.75. The van der Waals surface area contributed by atoms with Crippen LogP contribution in [0.5, 0.6) is 5.75 Å². The molecule has 0 aromatic heterocycles. The molecular formula is C26H34Br2N2O3. The average molecular weight is 582 g/mol. The third kappa shape index (κ3) is 8.14. The number of carbonyl (C=O) groups excluding carboxylic acids is 2. The van der Waals surface area contributed by atoms with Crippen molar-refractivity contribution in [3.8, 4) is 5.75 Å². The second-order valence-corrected chi connectivity index (χ2v) is 11.1. The Morgan fingerprint density at radius 1 is 1.09 bits per heavy atom. The van der Waals surface area contributed by atoms with Gasteiger partial charge >= 0.3 is 0 Å². The number of nitrogens with one attached hydrogen (secondary N) is 1. The molecule has 0 saturated carbocycles. The monoisotopic (exact) mass is 580 g/mol. The summed E-state index contributed by atoms with van der Waals surface area (Å²) in [5.41, 5.74) is 2.10. The van der Waals surface area contributed by atoms with E-state index in [0.29, 0.717) is 12.3 Å². The summed E-state index contributed by atoms with van der Waals surface area (Å²) in [6.45, 7) is 12.3. The molecule has 0 radical (unpaired) electrons. The normalized spacial score (nSPS) is 13.2. The van der Waals surface area contributed by atoms with Crippen molar-refractivity contribution in [3.63, 3.8) is 0 Å². The van der Waals surface area contributed by atoms with Gasteiger partial charge in [-0.3, -0.25) is 9.59 Å². The summed E-state index contributed by atoms with van der Waals surface area (Å²) in [4.78, 5) is 27.6. The Morgan fingerprint density at radius 3 is 2.36 bits per heavy atom. The molecule has 7 heteroatoms. The Kier molecular flexibility index (Phi) is 9.98. The van der Waals surface area contributed by atoms with Gasteiger partial charge in [-0.1, -0.05) is 61.8 Å². The topological polar surface area (TPSA) is 58.6 Å². The highest BCUT2D eigenvalue weighted by Gasteiger charge is 2.27. The zero-order valence-electron chi connectivity index (χ0n) is 20.2. The molecule has 2 amide bonds. The van der Waals surface area contributed by atoms with Gasteiger partial charge in [-0.15, -0.1) is 0 Å². The molecule has 2 aromatic rings. The van der Waals surface area contributed by atoms with E-state index >= 15 is 0 Å². The fourth-order valence-corrected chi connectivity index (χ4v) is 4.13. The van der Waals surface area contributed by atoms with Crippen LogP contribution in [0.1, 0.15) is 59.1 Å². The highest BCUT2D eigenvalue weighted by Crippen LogP contribution is 2.31. The maximum atomic E-state index is 13.2. The van der Waals surface area contributed by atoms with Crippen LogP contribution in [0.4, 0.5) is 0 Å². The second-order valence-electron chi connectivity index (χ2n) is 9.33. The molecule has 0 fully saturated rings. The molecule has 0 aliphatic carbocycles. The van der Waals surface area contributed by atoms with E-state index in [1.54, 1.807) is 11.8 Å². The first-order valence-electron chi connectivity index (χ1n) is 11.2. The van der Waals surface area contributed by atoms with E-state index in [2.05, 4.69) is 57.9 Å². The number of hydrogen-bond donors (Lipinski definition) is 1. The molecule has 0 saturated heterocycles. The number of benzene rings is 2. The summed E-state index contributed by atoms with van der Waals surface area (Å²) in [5.74, 6) is 0.160. The van der Waals surface area contributed by atoms with Crippen molar-refractivity contribution in [1.82, 2.24) is 10.2 Å². The van der Waals surface area contributed by atoms with Crippen LogP contribution in [-0.4, -0.2) is 35.4 Å². The van der Waals surface area contributed by atoms with Gasteiger partial charge in [0.1, 0.15) is 11.8 Å². The van der Waals surface area contributed by atoms with Crippen LogP contribution in [-0.2, 0) is 21.5 Å². The smallest absolute Gasteiger partial charge is 0.261 e. The third-order valence-electron chi connectivity index (χ3n) is 5.56. The molecule has 0 aliphatic heterocycles. The summed E-state index contributed by atoms with van der Waals surface area (Å²) in [6.07, 6.45) is 0.819. The van der Waals surface area contributed by atoms with Crippen molar-refractivity contribution in [1.29, 1.82) is 0 Å². The Balaban J connectivity index is 2.19. The van der Waals surface area contributed by atoms with Crippen molar-refractivity contribution >= 4 is 43.7 Å². The van der Waals surface area contributed by atoms with E-state index in [1.807, 2.05) is 56.3 Å². The standard InChI is InChI=1S/C26H34Br2N2O3/c1-7-17(2)29-25(32)18(3)30(15-19-9-8-10-21(27)13-19)24(31)16-33-23-12-11-20(14-22(23)28)26(4,5)6/h8-14,17-18H,7,15-16H2,1-6H3,(H,29,32)/t17-,18+/m0/s1. The molecule has 0 unspecified atom stereocenters. The summed E-state index contributed by atoms with van der Waals surface area (Å²) >= 11 is 7.03. The maximum Gasteiger partial charge on any atom is 0.261 e. The number of carbonyl (C=O) groups is 2. The predicted octanol–water partition coefficient (Wildman–Crippen LogP) is 6.22. The van der Waals surface area contributed by atoms with Crippen molar-refractivity contribution < 1.29 is 14.3 Å². The number of ether oxygens (including phenoxy) is 1. The molecule has 2 aromatic carbocycles. The molecule has 2 rings (SSSR count). The van der Waals surface area contributed by atoms with E-state index < -0.39 is 6.04 Å². The van der Waals surface area contributed by atoms with Gasteiger partial charge < -0.3 is 15.0 Å². The van der Waals surface area contributed by atoms with Gasteiger partial charge in [0, 0.05) is 17.1 Å². The number of halogens is 2. The first-order chi connectivity index (χ1) is 15.4. The molecule has 0 bridgehead atoms. The number of rotatable bonds is 9. The zero-order valence-corrected chi connectivity index (χ0v) is 23.4. The third-order valence-corrected chi connectivity index (χ3v) is 6.67. The first-order valence-corrected chi connectivity index (χ1v) is 12.8. The molecule has 2 atom stereocenters. The minimum absolute atomic E-state index is 0.00997. The van der Waals surface area contributed by atoms with E-state index in [-0.39, 0.29) is 29.9 Å². The number of hydrogen-bond acceptors (Lipinski definition) is 3. The summed E-state index contributed by atoms with van der Waals surface area (Å²) in [5, 5.41) is 2.97. The second kappa shape index (κ2) is 12.0. The lowest BCUT2D eigenvalue weighted by Crippen LogP contribution is -2.50. The zero-order chi connectivity index (χ0) is 24.8. The van der Waals surface area contributed by atoms with Crippen molar-refractivity contribution in [2.24, 2.45) is 0 Å². The largest absolute Gasteiger partial charge is 0.483 e. The Hall–Kier alpha value is -1.86. The first kappa shape index (κ1) is 27.4. The van der Waals surface area contributed by atoms with Crippen molar-refractivity contribution in [2.75, 3.05) is 6.61 Å². The van der Waals surface area contributed by atoms with Crippen LogP contribution < -0.4 is 10.1 Å². The Bertz CT molecular complexity index is 972. The van der Waals surface area contributed by atoms with Crippen LogP contribution in [0.3, 0.4) is 0 Å². The summed E-state index contributed by atoms with van der Waals surface area (Å²) < 4.78 is 7.58. The molecule has 33 heavy (non-hydrogen) atoms. The van der Waals surface area contributed by atoms with Gasteiger partial charge in [-0.05, 0) is 77.0 Å². The number of nitrogens with zero attached hydrogens (tertiary/aromatic N) is 1. The molecule has 5 nitrogen and oxygen atoms in total. The lowest BCUT2D eigenvalue weighted by Gasteiger charge is -2.29. The lowest BCUT2D eigenvalue weighted by molar-refractivity contribution is -0.142. The van der Waals surface area contributed by atoms with Gasteiger partial charge in [-0.2, -0.15) is 0 Å². The van der Waals surface area contributed by atoms with Crippen LogP contribution in [0, 0.1) is 0 Å². The van der Waals surface area contributed by atoms with Gasteiger partial charge in [0.25, 0.3) is 5.91 Å². The molecule has 0 heterocycles. The fourth-order valence-electron chi connectivity index (χ4n) is 3.19. The Morgan fingerprint density at radius 2 is 1.79 bits per heavy atom. The van der Waals surface area contributed by atoms with Gasteiger partial charge in [0.05, 0.1) is 4.47 Å². The molecular weight excluding hydrogens is 548 g/mol. The number of amides is 2. The minimum atomic E-state index is -0.638. The summed E-state index contributed by atoms with van der Waals surface area (Å²) in [7, 11) is 0. The van der Waals surface area contributed by atoms with E-state index in [0.717, 1.165) is 20.9 Å². The SMILES string of the molecule is CC[C@H](C)NC(=O)[C@@H](C)N(Cc1cccc(Br)c1)C(=O)COc1ccc(C(C)(C)C)cc1Br. The molecule has 180 valence electrons. The van der Waals surface area contributed by atoms with Crippen LogP contribution in [0.2, 0.25) is 0 Å². The molecule has 1 N–H and O–H groups in total. The van der Waals surface area contributed by atoms with Crippen molar-refractivity contribution in [3.05, 3.63) is 62.5 Å². The highest BCUT2D eigenvalue weighted by atomic mass is 79.9. The van der Waals surface area contributed by atoms with Gasteiger partial charge in [0.2, 0.25) is 5.91 Å². The fraction of sp³-hybridized carbons (Fsp3) is 0.462. The maximum absolute atomic E-state index is 13.2. The highest BCUT2D eigenvalue weighted by molar-refractivity contribution is 9.10. The van der Waals surface area contributed by atoms with Crippen molar-refractivity contribution in [2.45, 2.75) is 72.0 Å². The summed E-state index contributed by atoms with van der Waals surface area (Å²) in [6, 6.07) is 13.0. The minimum Gasteiger partial charge on any atom is -0.483 e. The van der Waals surface area contributed by atoms with E-state index in [1.165, 1.54) is 5.56 Å². The van der Waals surface area contributed by atoms with E-state index in [4.69, 9.17) is 4.74 Å². The van der Waals surface area contributed by atoms with Crippen LogP contribution >= 0.6 is 31.9 Å². The lowest BCUT2D eigenvalue weighted by atomic mass is 9.87. The predicted molar refractivity (Wildman–Crippen MR) is 140 cm³/mol. The Labute approximate surface area is 214 Å². The molecule has 0 spiro atoms. The molecule has 0 aliphatic rings. The van der Waals surface area contributed by atoms with E-state index in [9.17, 15) is 9.59 Å². The van der Waals surface area contributed by atoms with Gasteiger partial charge in [0.15, 0.2) is 6.61 Å². The van der Waals surface area contributed by atoms with Crippen LogP contribution in [0.25, 0.3) is 0 Å². The van der Waals surface area contributed by atoms with Crippen LogP contribution in [0.15, 0.2) is 51.4 Å². The quantitative estimate of drug-likeness (QED) is 0.382.